The molecule has 0 aliphatic carbocycles. The molecule has 4 aliphatic rings. The number of urea groups is 1. The Kier molecular flexibility index (Phi) is 4.96. The van der Waals surface area contributed by atoms with Gasteiger partial charge in [-0.1, -0.05) is 6.07 Å². The number of anilines is 1. The summed E-state index contributed by atoms with van der Waals surface area (Å²) in [5.41, 5.74) is 4.36. The van der Waals surface area contributed by atoms with Crippen molar-refractivity contribution in [3.63, 3.8) is 0 Å². The number of rotatable bonds is 4. The van der Waals surface area contributed by atoms with E-state index in [1.165, 1.54) is 11.1 Å². The number of benzene rings is 2. The number of amides is 3. The molecule has 1 unspecified atom stereocenters. The van der Waals surface area contributed by atoms with Crippen LogP contribution < -0.4 is 15.4 Å². The van der Waals surface area contributed by atoms with Crippen LogP contribution in [-0.2, 0) is 16.6 Å². The molecule has 8 heteroatoms. The minimum Gasteiger partial charge on any atom is -0.492 e. The second kappa shape index (κ2) is 8.03. The van der Waals surface area contributed by atoms with Crippen LogP contribution in [-0.4, -0.2) is 61.1 Å². The summed E-state index contributed by atoms with van der Waals surface area (Å²) in [5.74, 6) is 0.923. The quantitative estimate of drug-likeness (QED) is 0.736. The fourth-order valence-corrected chi connectivity index (χ4v) is 5.96. The van der Waals surface area contributed by atoms with E-state index in [4.69, 9.17) is 4.74 Å². The average molecular weight is 458 g/mol. The van der Waals surface area contributed by atoms with Gasteiger partial charge in [-0.3, -0.25) is 9.69 Å². The molecule has 0 aromatic heterocycles. The number of nitrogens with zero attached hydrogens (tertiary/aromatic N) is 3. The summed E-state index contributed by atoms with van der Waals surface area (Å²) in [4.78, 5) is 29.0. The van der Waals surface area contributed by atoms with E-state index < -0.39 is 5.41 Å². The largest absolute Gasteiger partial charge is 0.492 e. The van der Waals surface area contributed by atoms with Gasteiger partial charge in [-0.15, -0.1) is 0 Å². The van der Waals surface area contributed by atoms with Crippen LogP contribution >= 0.6 is 0 Å². The van der Waals surface area contributed by atoms with Crippen molar-refractivity contribution in [3.05, 3.63) is 58.7 Å². The lowest BCUT2D eigenvalue weighted by atomic mass is 9.73. The number of hydrogen-bond donors (Lipinski definition) is 2. The molecular weight excluding hydrogens is 430 g/mol. The molecule has 34 heavy (non-hydrogen) atoms. The van der Waals surface area contributed by atoms with Gasteiger partial charge in [0.25, 0.3) is 0 Å². The summed E-state index contributed by atoms with van der Waals surface area (Å²) in [7, 11) is 0. The zero-order chi connectivity index (χ0) is 23.3. The highest BCUT2D eigenvalue weighted by atomic mass is 16.5. The van der Waals surface area contributed by atoms with Gasteiger partial charge in [-0.25, -0.2) is 4.79 Å². The molecule has 3 amide bonds. The Morgan fingerprint density at radius 1 is 1.12 bits per heavy atom. The van der Waals surface area contributed by atoms with Crippen molar-refractivity contribution in [3.8, 4) is 11.8 Å². The highest BCUT2D eigenvalue weighted by Gasteiger charge is 2.48. The summed E-state index contributed by atoms with van der Waals surface area (Å²) in [5, 5.41) is 15.2. The monoisotopic (exact) mass is 457 g/mol. The van der Waals surface area contributed by atoms with Crippen LogP contribution in [0, 0.1) is 11.3 Å². The van der Waals surface area contributed by atoms with Crippen molar-refractivity contribution in [1.29, 1.82) is 5.26 Å². The first-order valence-electron chi connectivity index (χ1n) is 12.0. The fourth-order valence-electron chi connectivity index (χ4n) is 5.96. The van der Waals surface area contributed by atoms with Gasteiger partial charge in [-0.05, 0) is 79.4 Å². The number of likely N-dealkylation sites (tertiary alicyclic amines) is 1. The molecule has 0 saturated carbocycles. The average Bonchev–Trinajstić information content (AvgIpc) is 3.37. The molecular formula is C26H27N5O3. The Bertz CT molecular complexity index is 1210. The normalized spacial score (nSPS) is 22.4. The topological polar surface area (TPSA) is 97.7 Å². The molecule has 174 valence electrons. The lowest BCUT2D eigenvalue weighted by Crippen LogP contribution is -2.47. The van der Waals surface area contributed by atoms with Crippen molar-refractivity contribution < 1.29 is 14.3 Å². The third-order valence-corrected chi connectivity index (χ3v) is 7.91. The molecule has 2 fully saturated rings. The predicted octanol–water partition coefficient (Wildman–Crippen LogP) is 2.55. The summed E-state index contributed by atoms with van der Waals surface area (Å²) < 4.78 is 6.08. The first kappa shape index (κ1) is 21.0. The Labute approximate surface area is 198 Å². The first-order chi connectivity index (χ1) is 16.6. The Hall–Kier alpha value is -3.57. The summed E-state index contributed by atoms with van der Waals surface area (Å²) in [6, 6.07) is 14.0. The zero-order valence-corrected chi connectivity index (χ0v) is 19.0. The van der Waals surface area contributed by atoms with Gasteiger partial charge in [0.05, 0.1) is 23.1 Å². The van der Waals surface area contributed by atoms with Gasteiger partial charge in [0.1, 0.15) is 12.4 Å². The minimum atomic E-state index is -0.525. The van der Waals surface area contributed by atoms with Gasteiger partial charge in [-0.2, -0.15) is 5.26 Å². The molecule has 0 bridgehead atoms. The van der Waals surface area contributed by atoms with Crippen LogP contribution in [0.5, 0.6) is 5.75 Å². The third kappa shape index (κ3) is 3.31. The van der Waals surface area contributed by atoms with Crippen molar-refractivity contribution in [1.82, 2.24) is 15.1 Å². The van der Waals surface area contributed by atoms with E-state index in [-0.39, 0.29) is 18.0 Å². The Morgan fingerprint density at radius 2 is 1.97 bits per heavy atom. The van der Waals surface area contributed by atoms with Crippen LogP contribution in [0.15, 0.2) is 36.4 Å². The molecule has 2 aromatic carbocycles. The summed E-state index contributed by atoms with van der Waals surface area (Å²) in [6.07, 6.45) is 2.33. The Morgan fingerprint density at radius 3 is 2.79 bits per heavy atom. The van der Waals surface area contributed by atoms with Gasteiger partial charge in [0.15, 0.2) is 0 Å². The van der Waals surface area contributed by atoms with Gasteiger partial charge in [0, 0.05) is 25.3 Å². The molecule has 4 aliphatic heterocycles. The van der Waals surface area contributed by atoms with Crippen LogP contribution in [0.3, 0.4) is 0 Å². The van der Waals surface area contributed by atoms with Gasteiger partial charge >= 0.3 is 6.03 Å². The zero-order valence-electron chi connectivity index (χ0n) is 19.0. The first-order valence-corrected chi connectivity index (χ1v) is 12.0. The lowest BCUT2D eigenvalue weighted by molar-refractivity contribution is -0.122. The molecule has 1 atom stereocenters. The molecule has 2 N–H and O–H groups in total. The fraction of sp³-hybridized carbons (Fsp3) is 0.423. The van der Waals surface area contributed by atoms with E-state index in [1.807, 2.05) is 23.1 Å². The van der Waals surface area contributed by atoms with E-state index in [0.717, 1.165) is 62.4 Å². The maximum Gasteiger partial charge on any atom is 0.318 e. The van der Waals surface area contributed by atoms with Gasteiger partial charge in [0.2, 0.25) is 5.91 Å². The third-order valence-electron chi connectivity index (χ3n) is 7.91. The number of nitrogens with one attached hydrogen (secondary N) is 2. The number of ether oxygens (including phenoxy) is 1. The highest BCUT2D eigenvalue weighted by Crippen LogP contribution is 2.45. The number of piperidine rings is 1. The number of hydrogen-bond acceptors (Lipinski definition) is 5. The van der Waals surface area contributed by atoms with Crippen LogP contribution in [0.1, 0.15) is 41.1 Å². The molecule has 8 nitrogen and oxygen atoms in total. The van der Waals surface area contributed by atoms with Crippen LogP contribution in [0.2, 0.25) is 0 Å². The maximum atomic E-state index is 12.9. The SMILES string of the molecule is N#Cc1ccc2c(c1)C1(CCN(CCOc3ccc4c(c3)CCN3C(=O)NCC43)CC1)C(=O)N2. The van der Waals surface area contributed by atoms with E-state index in [2.05, 4.69) is 33.7 Å². The van der Waals surface area contributed by atoms with E-state index in [0.29, 0.717) is 18.7 Å². The van der Waals surface area contributed by atoms with E-state index >= 15 is 0 Å². The smallest absolute Gasteiger partial charge is 0.318 e. The number of carbonyl (C=O) groups is 2. The molecule has 1 spiro atoms. The lowest BCUT2D eigenvalue weighted by Gasteiger charge is -2.38. The van der Waals surface area contributed by atoms with Crippen molar-refractivity contribution in [2.24, 2.45) is 0 Å². The van der Waals surface area contributed by atoms with E-state index in [9.17, 15) is 14.9 Å². The van der Waals surface area contributed by atoms with Gasteiger partial charge < -0.3 is 20.3 Å². The van der Waals surface area contributed by atoms with E-state index in [1.54, 1.807) is 6.07 Å². The van der Waals surface area contributed by atoms with Crippen molar-refractivity contribution in [2.75, 3.05) is 44.6 Å². The number of carbonyl (C=O) groups excluding carboxylic acids is 2. The van der Waals surface area contributed by atoms with Crippen molar-refractivity contribution in [2.45, 2.75) is 30.7 Å². The summed E-state index contributed by atoms with van der Waals surface area (Å²) >= 11 is 0. The van der Waals surface area contributed by atoms with Crippen molar-refractivity contribution >= 4 is 17.6 Å². The summed E-state index contributed by atoms with van der Waals surface area (Å²) in [6.45, 7) is 4.43. The van der Waals surface area contributed by atoms with Crippen LogP contribution in [0.25, 0.3) is 0 Å². The minimum absolute atomic E-state index is 0.0309. The molecule has 6 rings (SSSR count). The predicted molar refractivity (Wildman–Crippen MR) is 126 cm³/mol. The second-order valence-corrected chi connectivity index (χ2v) is 9.60. The second-order valence-electron chi connectivity index (χ2n) is 9.60. The molecule has 0 radical (unpaired) electrons. The number of fused-ring (bicyclic) bond motifs is 5. The highest BCUT2D eigenvalue weighted by molar-refractivity contribution is 6.06. The van der Waals surface area contributed by atoms with Crippen LogP contribution in [0.4, 0.5) is 10.5 Å². The Balaban J connectivity index is 1.05. The number of nitriles is 1. The maximum absolute atomic E-state index is 12.9. The molecule has 2 saturated heterocycles. The molecule has 4 heterocycles. The molecule has 2 aromatic rings. The standard InChI is InChI=1S/C26H27N5O3/c27-15-17-1-4-22-21(13-17)26(24(32)29-22)6-9-30(10-7-26)11-12-34-19-2-3-20-18(14-19)5-8-31-23(20)16-28-25(31)33/h1-4,13-14,23H,5-12,16H2,(H,28,33)(H,29,32).